The van der Waals surface area contributed by atoms with Crippen LogP contribution in [0.15, 0.2) is 53.1 Å². The number of nitrogens with two attached hydrogens (primary N) is 1. The van der Waals surface area contributed by atoms with Gasteiger partial charge in [0.15, 0.2) is 0 Å². The van der Waals surface area contributed by atoms with E-state index in [1.807, 2.05) is 36.4 Å². The van der Waals surface area contributed by atoms with Gasteiger partial charge in [0.1, 0.15) is 23.4 Å². The second kappa shape index (κ2) is 9.22. The van der Waals surface area contributed by atoms with E-state index in [4.69, 9.17) is 25.0 Å². The number of nitrogen functional groups attached to an aromatic ring is 1. The Morgan fingerprint density at radius 1 is 1.29 bits per heavy atom. The highest BCUT2D eigenvalue weighted by Gasteiger charge is 2.25. The van der Waals surface area contributed by atoms with Crippen molar-refractivity contribution in [1.29, 1.82) is 5.41 Å². The molecule has 0 saturated carbocycles. The first kappa shape index (κ1) is 20.9. The summed E-state index contributed by atoms with van der Waals surface area (Å²) in [5.74, 6) is 0.909. The van der Waals surface area contributed by atoms with E-state index >= 15 is 0 Å². The highest BCUT2D eigenvalue weighted by atomic mass is 16.5. The Bertz CT molecular complexity index is 1070. The SMILES string of the molecule is CCOC(=O)CC(c1ccc(O[C@H]2CCNC2)cc1)c1occ2cc(C(=N)N)ccc12. The van der Waals surface area contributed by atoms with Gasteiger partial charge in [0.2, 0.25) is 0 Å². The molecule has 7 heteroatoms. The number of benzene rings is 2. The third kappa shape index (κ3) is 4.72. The van der Waals surface area contributed by atoms with Crippen LogP contribution in [0.1, 0.15) is 42.6 Å². The van der Waals surface area contributed by atoms with E-state index in [-0.39, 0.29) is 30.2 Å². The number of carbonyl (C=O) groups is 1. The summed E-state index contributed by atoms with van der Waals surface area (Å²) >= 11 is 0. The molecule has 162 valence electrons. The van der Waals surface area contributed by atoms with Crippen molar-refractivity contribution in [2.45, 2.75) is 31.8 Å². The van der Waals surface area contributed by atoms with Crippen LogP contribution in [0.5, 0.6) is 5.75 Å². The number of rotatable bonds is 8. The highest BCUT2D eigenvalue weighted by molar-refractivity contribution is 5.99. The number of amidine groups is 1. The van der Waals surface area contributed by atoms with Crippen molar-refractivity contribution in [1.82, 2.24) is 5.32 Å². The number of furan rings is 1. The largest absolute Gasteiger partial charge is 0.489 e. The lowest BCUT2D eigenvalue weighted by atomic mass is 9.91. The maximum absolute atomic E-state index is 12.4. The van der Waals surface area contributed by atoms with Crippen LogP contribution in [-0.4, -0.2) is 37.6 Å². The van der Waals surface area contributed by atoms with Crippen LogP contribution in [0.3, 0.4) is 0 Å². The van der Waals surface area contributed by atoms with Crippen LogP contribution < -0.4 is 15.8 Å². The predicted octanol–water partition coefficient (Wildman–Crippen LogP) is 3.54. The summed E-state index contributed by atoms with van der Waals surface area (Å²) in [6.45, 7) is 3.95. The zero-order valence-electron chi connectivity index (χ0n) is 17.5. The van der Waals surface area contributed by atoms with Gasteiger partial charge in [-0.3, -0.25) is 10.2 Å². The van der Waals surface area contributed by atoms with E-state index in [1.54, 1.807) is 19.3 Å². The molecule has 0 radical (unpaired) electrons. The second-order valence-corrected chi connectivity index (χ2v) is 7.68. The minimum atomic E-state index is -0.304. The molecule has 1 aliphatic heterocycles. The summed E-state index contributed by atoms with van der Waals surface area (Å²) in [6.07, 6.45) is 2.98. The first-order chi connectivity index (χ1) is 15.0. The van der Waals surface area contributed by atoms with Gasteiger partial charge >= 0.3 is 5.97 Å². The molecule has 1 saturated heterocycles. The Kier molecular flexibility index (Phi) is 6.23. The Morgan fingerprint density at radius 3 is 2.77 bits per heavy atom. The molecule has 2 heterocycles. The molecule has 0 spiro atoms. The van der Waals surface area contributed by atoms with Crippen molar-refractivity contribution in [3.63, 3.8) is 0 Å². The van der Waals surface area contributed by atoms with Crippen molar-refractivity contribution in [3.8, 4) is 5.75 Å². The third-order valence-corrected chi connectivity index (χ3v) is 5.53. The Labute approximate surface area is 181 Å². The van der Waals surface area contributed by atoms with Gasteiger partial charge in [-0.2, -0.15) is 0 Å². The Morgan fingerprint density at radius 2 is 2.10 bits per heavy atom. The van der Waals surface area contributed by atoms with Crippen molar-refractivity contribution in [2.24, 2.45) is 5.73 Å². The molecule has 7 nitrogen and oxygen atoms in total. The lowest BCUT2D eigenvalue weighted by molar-refractivity contribution is -0.143. The number of hydrogen-bond acceptors (Lipinski definition) is 6. The molecule has 1 unspecified atom stereocenters. The van der Waals surface area contributed by atoms with E-state index in [2.05, 4.69) is 5.32 Å². The van der Waals surface area contributed by atoms with Crippen LogP contribution in [0, 0.1) is 5.41 Å². The standard InChI is InChI=1S/C24H27N3O4/c1-2-29-22(28)12-21(15-3-6-18(7-4-15)31-19-9-10-27-13-19)23-20-8-5-16(24(25)26)11-17(20)14-30-23/h3-8,11,14,19,21,27H,2,9-10,12-13H2,1H3,(H3,25,26)/t19-,21?/m0/s1. The molecule has 3 aromatic rings. The van der Waals surface area contributed by atoms with Gasteiger partial charge in [0.25, 0.3) is 0 Å². The molecular weight excluding hydrogens is 394 g/mol. The fourth-order valence-electron chi connectivity index (χ4n) is 3.96. The molecule has 0 bridgehead atoms. The lowest BCUT2D eigenvalue weighted by Crippen LogP contribution is -2.19. The Balaban J connectivity index is 1.65. The van der Waals surface area contributed by atoms with Crippen LogP contribution in [-0.2, 0) is 9.53 Å². The average Bonchev–Trinajstić information content (AvgIpc) is 3.42. The number of hydrogen-bond donors (Lipinski definition) is 3. The van der Waals surface area contributed by atoms with Crippen molar-refractivity contribution in [2.75, 3.05) is 19.7 Å². The third-order valence-electron chi connectivity index (χ3n) is 5.53. The summed E-state index contributed by atoms with van der Waals surface area (Å²) in [5.41, 5.74) is 7.18. The summed E-state index contributed by atoms with van der Waals surface area (Å²) in [4.78, 5) is 12.4. The maximum atomic E-state index is 12.4. The van der Waals surface area contributed by atoms with Crippen molar-refractivity contribution >= 4 is 22.6 Å². The molecule has 2 aromatic carbocycles. The summed E-state index contributed by atoms with van der Waals surface area (Å²) in [5, 5.41) is 12.7. The summed E-state index contributed by atoms with van der Waals surface area (Å²) in [6, 6.07) is 13.3. The van der Waals surface area contributed by atoms with Crippen molar-refractivity contribution in [3.05, 3.63) is 65.6 Å². The number of esters is 1. The molecule has 4 N–H and O–H groups in total. The van der Waals surface area contributed by atoms with Gasteiger partial charge in [0, 0.05) is 22.9 Å². The monoisotopic (exact) mass is 421 g/mol. The molecular formula is C24H27N3O4. The molecule has 1 aliphatic rings. The Hall–Kier alpha value is -3.32. The van der Waals surface area contributed by atoms with Gasteiger partial charge < -0.3 is 24.9 Å². The van der Waals surface area contributed by atoms with Crippen LogP contribution in [0.2, 0.25) is 0 Å². The molecule has 1 aromatic heterocycles. The number of fused-ring (bicyclic) bond motifs is 1. The first-order valence-corrected chi connectivity index (χ1v) is 10.5. The fourth-order valence-corrected chi connectivity index (χ4v) is 3.96. The summed E-state index contributed by atoms with van der Waals surface area (Å²) < 4.78 is 17.2. The van der Waals surface area contributed by atoms with E-state index < -0.39 is 0 Å². The molecule has 31 heavy (non-hydrogen) atoms. The normalized spacial score (nSPS) is 16.9. The zero-order valence-corrected chi connectivity index (χ0v) is 17.5. The smallest absolute Gasteiger partial charge is 0.306 e. The molecule has 2 atom stereocenters. The lowest BCUT2D eigenvalue weighted by Gasteiger charge is -2.17. The van der Waals surface area contributed by atoms with E-state index in [9.17, 15) is 4.79 Å². The van der Waals surface area contributed by atoms with E-state index in [0.29, 0.717) is 17.9 Å². The molecule has 4 rings (SSSR count). The fraction of sp³-hybridized carbons (Fsp3) is 0.333. The number of ether oxygens (including phenoxy) is 2. The highest BCUT2D eigenvalue weighted by Crippen LogP contribution is 2.36. The predicted molar refractivity (Wildman–Crippen MR) is 119 cm³/mol. The quantitative estimate of drug-likeness (QED) is 0.291. The first-order valence-electron chi connectivity index (χ1n) is 10.5. The van der Waals surface area contributed by atoms with Gasteiger partial charge in [-0.1, -0.05) is 24.3 Å². The van der Waals surface area contributed by atoms with Gasteiger partial charge in [0.05, 0.1) is 25.2 Å². The van der Waals surface area contributed by atoms with Gasteiger partial charge in [-0.15, -0.1) is 0 Å². The second-order valence-electron chi connectivity index (χ2n) is 7.68. The van der Waals surface area contributed by atoms with E-state index in [0.717, 1.165) is 41.6 Å². The van der Waals surface area contributed by atoms with Crippen molar-refractivity contribution < 1.29 is 18.7 Å². The van der Waals surface area contributed by atoms with Crippen LogP contribution in [0.25, 0.3) is 10.8 Å². The minimum absolute atomic E-state index is 0.000718. The average molecular weight is 421 g/mol. The van der Waals surface area contributed by atoms with E-state index in [1.165, 1.54) is 0 Å². The summed E-state index contributed by atoms with van der Waals surface area (Å²) in [7, 11) is 0. The molecule has 0 amide bonds. The maximum Gasteiger partial charge on any atom is 0.306 e. The zero-order chi connectivity index (χ0) is 21.8. The minimum Gasteiger partial charge on any atom is -0.489 e. The van der Waals surface area contributed by atoms with Gasteiger partial charge in [-0.25, -0.2) is 0 Å². The van der Waals surface area contributed by atoms with Crippen LogP contribution >= 0.6 is 0 Å². The van der Waals surface area contributed by atoms with Gasteiger partial charge in [-0.05, 0) is 43.7 Å². The molecule has 0 aliphatic carbocycles. The number of nitrogens with one attached hydrogen (secondary N) is 2. The number of carbonyl (C=O) groups excluding carboxylic acids is 1. The molecule has 1 fully saturated rings. The topological polar surface area (TPSA) is 111 Å². The van der Waals surface area contributed by atoms with Crippen LogP contribution in [0.4, 0.5) is 0 Å².